The summed E-state index contributed by atoms with van der Waals surface area (Å²) in [6, 6.07) is 9.57. The topological polar surface area (TPSA) is 64.8 Å². The first kappa shape index (κ1) is 16.3. The number of hydrogen-bond donors (Lipinski definition) is 1. The fraction of sp³-hybridized carbons (Fsp3) is 0.316. The molecule has 2 unspecified atom stereocenters. The number of nitrogens with two attached hydrogens (primary N) is 1. The minimum atomic E-state index is -0.460. The summed E-state index contributed by atoms with van der Waals surface area (Å²) in [5.74, 6) is 0. The van der Waals surface area contributed by atoms with Gasteiger partial charge in [0.05, 0.1) is 12.9 Å². The minimum absolute atomic E-state index is 0.148. The Kier molecular flexibility index (Phi) is 5.33. The lowest BCUT2D eigenvalue weighted by molar-refractivity contribution is -0.0509. The molecule has 2 atom stereocenters. The molecule has 2 aliphatic rings. The molecule has 1 aromatic carbocycles. The molecule has 3 rings (SSSR count). The number of ether oxygens (including phenoxy) is 2. The van der Waals surface area contributed by atoms with Gasteiger partial charge in [-0.1, -0.05) is 42.5 Å². The number of amides is 2. The van der Waals surface area contributed by atoms with Gasteiger partial charge in [-0.15, -0.1) is 0 Å². The molecule has 0 spiro atoms. The van der Waals surface area contributed by atoms with Gasteiger partial charge in [-0.2, -0.15) is 0 Å². The fourth-order valence-electron chi connectivity index (χ4n) is 2.93. The fourth-order valence-corrected chi connectivity index (χ4v) is 2.93. The van der Waals surface area contributed by atoms with Crippen LogP contribution in [0.25, 0.3) is 6.08 Å². The number of urea groups is 1. The lowest BCUT2D eigenvalue weighted by atomic mass is 10.00. The molecule has 0 aliphatic carbocycles. The normalized spacial score (nSPS) is 24.8. The van der Waals surface area contributed by atoms with Crippen LogP contribution in [0, 0.1) is 0 Å². The molecular formula is C19H22N2O3. The van der Waals surface area contributed by atoms with E-state index in [4.69, 9.17) is 15.2 Å². The number of carbonyl (C=O) groups is 1. The summed E-state index contributed by atoms with van der Waals surface area (Å²) >= 11 is 0. The molecule has 2 N–H and O–H groups in total. The van der Waals surface area contributed by atoms with Crippen LogP contribution in [0.15, 0.2) is 60.4 Å². The van der Waals surface area contributed by atoms with E-state index in [1.54, 1.807) is 11.2 Å². The van der Waals surface area contributed by atoms with E-state index in [-0.39, 0.29) is 6.10 Å². The minimum Gasteiger partial charge on any atom is -0.492 e. The lowest BCUT2D eigenvalue weighted by Gasteiger charge is -2.36. The molecule has 5 heteroatoms. The maximum absolute atomic E-state index is 11.8. The highest BCUT2D eigenvalue weighted by molar-refractivity contribution is 5.73. The van der Waals surface area contributed by atoms with Crippen molar-refractivity contribution >= 4 is 12.1 Å². The van der Waals surface area contributed by atoms with Crippen molar-refractivity contribution in [2.24, 2.45) is 5.73 Å². The van der Waals surface area contributed by atoms with E-state index in [1.165, 1.54) is 0 Å². The van der Waals surface area contributed by atoms with Crippen molar-refractivity contribution in [1.29, 1.82) is 0 Å². The maximum atomic E-state index is 11.8. The number of primary amides is 1. The van der Waals surface area contributed by atoms with Crippen molar-refractivity contribution in [2.45, 2.75) is 25.2 Å². The smallest absolute Gasteiger partial charge is 0.317 e. The summed E-state index contributed by atoms with van der Waals surface area (Å²) in [6.45, 7) is 0.967. The predicted octanol–water partition coefficient (Wildman–Crippen LogP) is 3.06. The number of piperidine rings is 1. The molecule has 0 aromatic heterocycles. The van der Waals surface area contributed by atoms with Crippen LogP contribution in [0.3, 0.4) is 0 Å². The molecule has 1 aromatic rings. The molecule has 24 heavy (non-hydrogen) atoms. The van der Waals surface area contributed by atoms with Crippen molar-refractivity contribution in [2.75, 3.05) is 13.2 Å². The molecule has 5 nitrogen and oxygen atoms in total. The van der Waals surface area contributed by atoms with E-state index in [0.717, 1.165) is 24.0 Å². The van der Waals surface area contributed by atoms with Gasteiger partial charge in [-0.05, 0) is 36.1 Å². The molecule has 2 aliphatic heterocycles. The molecule has 1 fully saturated rings. The van der Waals surface area contributed by atoms with Gasteiger partial charge in [0.25, 0.3) is 0 Å². The first-order chi connectivity index (χ1) is 11.7. The quantitative estimate of drug-likeness (QED) is 0.925. The Morgan fingerprint density at radius 1 is 1.33 bits per heavy atom. The zero-order valence-electron chi connectivity index (χ0n) is 13.5. The van der Waals surface area contributed by atoms with E-state index >= 15 is 0 Å². The Hall–Kier alpha value is -2.53. The van der Waals surface area contributed by atoms with Crippen molar-refractivity contribution in [1.82, 2.24) is 4.90 Å². The van der Waals surface area contributed by atoms with Crippen molar-refractivity contribution in [3.63, 3.8) is 0 Å². The van der Waals surface area contributed by atoms with Crippen LogP contribution in [-0.4, -0.2) is 36.4 Å². The highest BCUT2D eigenvalue weighted by atomic mass is 16.5. The second-order valence-electron chi connectivity index (χ2n) is 5.84. The Morgan fingerprint density at radius 2 is 2.17 bits per heavy atom. The number of likely N-dealkylation sites (tertiary alicyclic amines) is 1. The van der Waals surface area contributed by atoms with Crippen molar-refractivity contribution < 1.29 is 14.3 Å². The average molecular weight is 326 g/mol. The number of rotatable bonds is 4. The average Bonchev–Trinajstić information content (AvgIpc) is 2.62. The van der Waals surface area contributed by atoms with E-state index in [9.17, 15) is 4.79 Å². The summed E-state index contributed by atoms with van der Waals surface area (Å²) in [5.41, 5.74) is 7.69. The zero-order chi connectivity index (χ0) is 16.8. The monoisotopic (exact) mass is 326 g/mol. The van der Waals surface area contributed by atoms with Gasteiger partial charge in [-0.25, -0.2) is 4.79 Å². The molecule has 0 bridgehead atoms. The number of benzene rings is 1. The second kappa shape index (κ2) is 7.84. The molecule has 1 saturated heterocycles. The van der Waals surface area contributed by atoms with E-state index < -0.39 is 12.3 Å². The molecule has 2 amide bonds. The number of carbonyl (C=O) groups excluding carboxylic acids is 1. The molecule has 0 saturated carbocycles. The first-order valence-corrected chi connectivity index (χ1v) is 8.16. The van der Waals surface area contributed by atoms with Crippen LogP contribution in [0.1, 0.15) is 18.4 Å². The summed E-state index contributed by atoms with van der Waals surface area (Å²) in [7, 11) is 0. The Bertz CT molecular complexity index is 652. The van der Waals surface area contributed by atoms with Gasteiger partial charge in [0.1, 0.15) is 6.10 Å². The SMILES string of the molecule is NC(=O)N1CCC/C(=C/c2ccccc2)C1OCC1C=CC=CO1. The van der Waals surface area contributed by atoms with Gasteiger partial charge >= 0.3 is 6.03 Å². The molecule has 0 radical (unpaired) electrons. The van der Waals surface area contributed by atoms with Crippen molar-refractivity contribution in [3.8, 4) is 0 Å². The van der Waals surface area contributed by atoms with Gasteiger partial charge in [0.2, 0.25) is 0 Å². The number of hydrogen-bond acceptors (Lipinski definition) is 3. The van der Waals surface area contributed by atoms with Crippen LogP contribution < -0.4 is 5.73 Å². The third-order valence-corrected chi connectivity index (χ3v) is 4.09. The summed E-state index contributed by atoms with van der Waals surface area (Å²) in [6.07, 6.45) is 10.6. The second-order valence-corrected chi connectivity index (χ2v) is 5.84. The zero-order valence-corrected chi connectivity index (χ0v) is 13.5. The molecule has 126 valence electrons. The molecular weight excluding hydrogens is 304 g/mol. The van der Waals surface area contributed by atoms with E-state index in [0.29, 0.717) is 13.2 Å². The lowest BCUT2D eigenvalue weighted by Crippen LogP contribution is -2.49. The Balaban J connectivity index is 1.77. The van der Waals surface area contributed by atoms with Gasteiger partial charge in [0.15, 0.2) is 6.23 Å². The molecule has 2 heterocycles. The van der Waals surface area contributed by atoms with Gasteiger partial charge < -0.3 is 15.2 Å². The number of nitrogens with zero attached hydrogens (tertiary/aromatic N) is 1. The summed E-state index contributed by atoms with van der Waals surface area (Å²) in [4.78, 5) is 13.4. The number of allylic oxidation sites excluding steroid dienone is 2. The summed E-state index contributed by atoms with van der Waals surface area (Å²) < 4.78 is 11.5. The van der Waals surface area contributed by atoms with Crippen molar-refractivity contribution in [3.05, 3.63) is 66.0 Å². The highest BCUT2D eigenvalue weighted by Crippen LogP contribution is 2.26. The Labute approximate surface area is 142 Å². The third kappa shape index (κ3) is 4.06. The largest absolute Gasteiger partial charge is 0.492 e. The highest BCUT2D eigenvalue weighted by Gasteiger charge is 2.30. The van der Waals surface area contributed by atoms with E-state index in [2.05, 4.69) is 6.08 Å². The third-order valence-electron chi connectivity index (χ3n) is 4.09. The van der Waals surface area contributed by atoms with Crippen LogP contribution in [0.5, 0.6) is 0 Å². The van der Waals surface area contributed by atoms with Gasteiger partial charge in [0, 0.05) is 6.54 Å². The summed E-state index contributed by atoms with van der Waals surface area (Å²) in [5, 5.41) is 0. The Morgan fingerprint density at radius 3 is 2.88 bits per heavy atom. The maximum Gasteiger partial charge on any atom is 0.317 e. The first-order valence-electron chi connectivity index (χ1n) is 8.16. The van der Waals surface area contributed by atoms with Gasteiger partial charge in [-0.3, -0.25) is 4.90 Å². The van der Waals surface area contributed by atoms with Crippen LogP contribution in [-0.2, 0) is 9.47 Å². The predicted molar refractivity (Wildman–Crippen MR) is 92.8 cm³/mol. The van der Waals surface area contributed by atoms with E-state index in [1.807, 2.05) is 48.6 Å². The van der Waals surface area contributed by atoms with Crippen LogP contribution >= 0.6 is 0 Å². The van der Waals surface area contributed by atoms with Crippen LogP contribution in [0.4, 0.5) is 4.79 Å². The standard InChI is InChI=1S/C19H22N2O3/c20-19(22)21-11-6-9-16(13-15-7-2-1-3-8-15)18(21)24-14-17-10-4-5-12-23-17/h1-5,7-8,10,12-13,17-18H,6,9,11,14H2,(H2,20,22)/b16-13-. The van der Waals surface area contributed by atoms with Crippen LogP contribution in [0.2, 0.25) is 0 Å².